The zero-order valence-electron chi connectivity index (χ0n) is 6.35. The summed E-state index contributed by atoms with van der Waals surface area (Å²) in [6, 6.07) is 0. The van der Waals surface area contributed by atoms with Gasteiger partial charge in [-0.25, -0.2) is 4.79 Å². The van der Waals surface area contributed by atoms with Gasteiger partial charge in [-0.05, 0) is 20.3 Å². The van der Waals surface area contributed by atoms with Crippen LogP contribution in [0.25, 0.3) is 0 Å². The summed E-state index contributed by atoms with van der Waals surface area (Å²) in [6.45, 7) is 6.91. The molecular formula is C8H12O2. The third-order valence-corrected chi connectivity index (χ3v) is 1.41. The Balaban J connectivity index is 4.33. The van der Waals surface area contributed by atoms with E-state index in [1.165, 1.54) is 0 Å². The molecule has 0 aliphatic heterocycles. The number of carboxylic acid groups (broad SMARTS) is 1. The number of carboxylic acids is 1. The van der Waals surface area contributed by atoms with Gasteiger partial charge in [-0.1, -0.05) is 11.6 Å². The molecule has 0 radical (unpaired) electrons. The molecule has 56 valence electrons. The SMILES string of the molecule is C=CC/C(C)=C(\C)C(=O)O. The number of hydrogen-bond donors (Lipinski definition) is 1. The molecule has 0 heterocycles. The van der Waals surface area contributed by atoms with Gasteiger partial charge in [0, 0.05) is 5.57 Å². The first-order valence-electron chi connectivity index (χ1n) is 3.10. The molecule has 0 saturated heterocycles. The second-order valence-corrected chi connectivity index (χ2v) is 2.20. The van der Waals surface area contributed by atoms with Crippen molar-refractivity contribution in [3.05, 3.63) is 23.8 Å². The first kappa shape index (κ1) is 8.95. The van der Waals surface area contributed by atoms with E-state index in [9.17, 15) is 4.79 Å². The molecule has 0 atom stereocenters. The van der Waals surface area contributed by atoms with Crippen LogP contribution in [-0.2, 0) is 4.79 Å². The van der Waals surface area contributed by atoms with Crippen molar-refractivity contribution >= 4 is 5.97 Å². The summed E-state index contributed by atoms with van der Waals surface area (Å²) < 4.78 is 0. The van der Waals surface area contributed by atoms with Crippen LogP contribution < -0.4 is 0 Å². The predicted octanol–water partition coefficient (Wildman–Crippen LogP) is 1.98. The molecule has 2 nitrogen and oxygen atoms in total. The second-order valence-electron chi connectivity index (χ2n) is 2.20. The number of hydrogen-bond acceptors (Lipinski definition) is 1. The largest absolute Gasteiger partial charge is 0.478 e. The van der Waals surface area contributed by atoms with Crippen molar-refractivity contribution in [2.75, 3.05) is 0 Å². The van der Waals surface area contributed by atoms with Gasteiger partial charge in [0.2, 0.25) is 0 Å². The van der Waals surface area contributed by atoms with E-state index in [2.05, 4.69) is 6.58 Å². The molecule has 0 rings (SSSR count). The van der Waals surface area contributed by atoms with E-state index in [0.29, 0.717) is 12.0 Å². The fraction of sp³-hybridized carbons (Fsp3) is 0.375. The van der Waals surface area contributed by atoms with E-state index in [-0.39, 0.29) is 0 Å². The Labute approximate surface area is 60.9 Å². The van der Waals surface area contributed by atoms with Crippen molar-refractivity contribution in [2.45, 2.75) is 20.3 Å². The minimum atomic E-state index is -0.848. The summed E-state index contributed by atoms with van der Waals surface area (Å²) in [5, 5.41) is 8.49. The summed E-state index contributed by atoms with van der Waals surface area (Å²) in [5.74, 6) is -0.848. The van der Waals surface area contributed by atoms with E-state index in [0.717, 1.165) is 5.57 Å². The van der Waals surface area contributed by atoms with Crippen LogP contribution in [0.3, 0.4) is 0 Å². The van der Waals surface area contributed by atoms with Gasteiger partial charge < -0.3 is 5.11 Å². The second kappa shape index (κ2) is 3.88. The molecule has 1 N–H and O–H groups in total. The average molecular weight is 140 g/mol. The van der Waals surface area contributed by atoms with Gasteiger partial charge in [0.15, 0.2) is 0 Å². The molecule has 0 bridgehead atoms. The number of carbonyl (C=O) groups is 1. The van der Waals surface area contributed by atoms with Crippen molar-refractivity contribution in [3.63, 3.8) is 0 Å². The molecule has 0 aliphatic carbocycles. The lowest BCUT2D eigenvalue weighted by molar-refractivity contribution is -0.132. The number of rotatable bonds is 3. The van der Waals surface area contributed by atoms with Gasteiger partial charge in [-0.3, -0.25) is 0 Å². The third-order valence-electron chi connectivity index (χ3n) is 1.41. The Hall–Kier alpha value is -1.05. The molecular weight excluding hydrogens is 128 g/mol. The highest BCUT2D eigenvalue weighted by molar-refractivity contribution is 5.86. The summed E-state index contributed by atoms with van der Waals surface area (Å²) >= 11 is 0. The van der Waals surface area contributed by atoms with Gasteiger partial charge >= 0.3 is 5.97 Å². The maximum Gasteiger partial charge on any atom is 0.331 e. The van der Waals surface area contributed by atoms with Crippen LogP contribution in [0.5, 0.6) is 0 Å². The average Bonchev–Trinajstić information content (AvgIpc) is 1.87. The zero-order valence-corrected chi connectivity index (χ0v) is 6.35. The topological polar surface area (TPSA) is 37.3 Å². The lowest BCUT2D eigenvalue weighted by Gasteiger charge is -1.98. The minimum Gasteiger partial charge on any atom is -0.478 e. The molecule has 10 heavy (non-hydrogen) atoms. The monoisotopic (exact) mass is 140 g/mol. The van der Waals surface area contributed by atoms with Crippen molar-refractivity contribution in [1.82, 2.24) is 0 Å². The van der Waals surface area contributed by atoms with E-state index >= 15 is 0 Å². The summed E-state index contributed by atoms with van der Waals surface area (Å²) in [6.07, 6.45) is 2.35. The van der Waals surface area contributed by atoms with E-state index < -0.39 is 5.97 Å². The highest BCUT2D eigenvalue weighted by atomic mass is 16.4. The van der Waals surface area contributed by atoms with Gasteiger partial charge in [0.1, 0.15) is 0 Å². The van der Waals surface area contributed by atoms with Gasteiger partial charge in [-0.2, -0.15) is 0 Å². The lowest BCUT2D eigenvalue weighted by atomic mass is 10.1. The molecule has 0 fully saturated rings. The molecule has 0 aromatic heterocycles. The molecule has 0 aliphatic rings. The number of allylic oxidation sites excluding steroid dienone is 2. The first-order chi connectivity index (χ1) is 4.59. The number of aliphatic carboxylic acids is 1. The Morgan fingerprint density at radius 2 is 2.10 bits per heavy atom. The molecule has 0 aromatic carbocycles. The van der Waals surface area contributed by atoms with Crippen molar-refractivity contribution in [1.29, 1.82) is 0 Å². The normalized spacial score (nSPS) is 12.2. The lowest BCUT2D eigenvalue weighted by Crippen LogP contribution is -1.98. The molecule has 0 amide bonds. The van der Waals surface area contributed by atoms with Gasteiger partial charge in [0.05, 0.1) is 0 Å². The Morgan fingerprint density at radius 1 is 1.60 bits per heavy atom. The smallest absolute Gasteiger partial charge is 0.331 e. The van der Waals surface area contributed by atoms with E-state index in [4.69, 9.17) is 5.11 Å². The molecule has 0 spiro atoms. The van der Waals surface area contributed by atoms with Gasteiger partial charge in [0.25, 0.3) is 0 Å². The summed E-state index contributed by atoms with van der Waals surface area (Å²) in [4.78, 5) is 10.3. The van der Waals surface area contributed by atoms with E-state index in [1.54, 1.807) is 19.9 Å². The quantitative estimate of drug-likeness (QED) is 0.480. The van der Waals surface area contributed by atoms with Crippen molar-refractivity contribution < 1.29 is 9.90 Å². The Bertz CT molecular complexity index is 178. The Kier molecular flexibility index (Phi) is 3.47. The first-order valence-corrected chi connectivity index (χ1v) is 3.10. The van der Waals surface area contributed by atoms with Crippen molar-refractivity contribution in [2.24, 2.45) is 0 Å². The van der Waals surface area contributed by atoms with Crippen LogP contribution in [-0.4, -0.2) is 11.1 Å². The zero-order chi connectivity index (χ0) is 8.15. The molecule has 2 heteroatoms. The van der Waals surface area contributed by atoms with Crippen LogP contribution in [0.1, 0.15) is 20.3 Å². The van der Waals surface area contributed by atoms with E-state index in [1.807, 2.05) is 0 Å². The highest BCUT2D eigenvalue weighted by Gasteiger charge is 2.02. The Morgan fingerprint density at radius 3 is 2.40 bits per heavy atom. The van der Waals surface area contributed by atoms with Crippen LogP contribution in [0.4, 0.5) is 0 Å². The van der Waals surface area contributed by atoms with Crippen molar-refractivity contribution in [3.8, 4) is 0 Å². The predicted molar refractivity (Wildman–Crippen MR) is 40.8 cm³/mol. The highest BCUT2D eigenvalue weighted by Crippen LogP contribution is 2.07. The third kappa shape index (κ3) is 2.49. The van der Waals surface area contributed by atoms with Crippen LogP contribution in [0, 0.1) is 0 Å². The van der Waals surface area contributed by atoms with Crippen LogP contribution >= 0.6 is 0 Å². The molecule has 0 saturated carbocycles. The fourth-order valence-corrected chi connectivity index (χ4v) is 0.552. The summed E-state index contributed by atoms with van der Waals surface area (Å²) in [5.41, 5.74) is 1.28. The molecule has 0 unspecified atom stereocenters. The fourth-order valence-electron chi connectivity index (χ4n) is 0.552. The minimum absolute atomic E-state index is 0.417. The maximum atomic E-state index is 10.3. The molecule has 0 aromatic rings. The van der Waals surface area contributed by atoms with Gasteiger partial charge in [-0.15, -0.1) is 6.58 Å². The summed E-state index contributed by atoms with van der Waals surface area (Å²) in [7, 11) is 0. The standard InChI is InChI=1S/C8H12O2/c1-4-5-6(2)7(3)8(9)10/h4H,1,5H2,2-3H3,(H,9,10)/b7-6+. The van der Waals surface area contributed by atoms with Crippen LogP contribution in [0.2, 0.25) is 0 Å². The maximum absolute atomic E-state index is 10.3. The van der Waals surface area contributed by atoms with Crippen LogP contribution in [0.15, 0.2) is 23.8 Å².